The Morgan fingerprint density at radius 3 is 2.50 bits per heavy atom. The number of rotatable bonds is 6. The number of ether oxygens (including phenoxy) is 2. The molecule has 0 saturated heterocycles. The average Bonchev–Trinajstić information content (AvgIpc) is 3.16. The van der Waals surface area contributed by atoms with Crippen molar-refractivity contribution in [2.75, 3.05) is 13.7 Å². The quantitative estimate of drug-likeness (QED) is 0.370. The van der Waals surface area contributed by atoms with Gasteiger partial charge in [-0.2, -0.15) is 10.4 Å². The first-order chi connectivity index (χ1) is 13.7. The molecule has 0 N–H and O–H groups in total. The summed E-state index contributed by atoms with van der Waals surface area (Å²) in [4.78, 5) is 12.0. The van der Waals surface area contributed by atoms with Crippen molar-refractivity contribution in [3.05, 3.63) is 71.9 Å². The van der Waals surface area contributed by atoms with Crippen molar-refractivity contribution in [1.82, 2.24) is 9.78 Å². The fourth-order valence-electron chi connectivity index (χ4n) is 2.68. The van der Waals surface area contributed by atoms with E-state index in [1.807, 2.05) is 60.7 Å². The molecule has 0 unspecified atom stereocenters. The zero-order valence-electron chi connectivity index (χ0n) is 15.6. The third kappa shape index (κ3) is 4.10. The summed E-state index contributed by atoms with van der Waals surface area (Å²) in [5.74, 6) is 0.0747. The predicted octanol–water partition coefficient (Wildman–Crippen LogP) is 4.02. The molecule has 0 bridgehead atoms. The lowest BCUT2D eigenvalue weighted by molar-refractivity contribution is -0.137. The Kier molecular flexibility index (Phi) is 5.87. The summed E-state index contributed by atoms with van der Waals surface area (Å²) >= 11 is 0. The summed E-state index contributed by atoms with van der Waals surface area (Å²) in [7, 11) is 1.60. The van der Waals surface area contributed by atoms with E-state index < -0.39 is 5.97 Å². The normalized spacial score (nSPS) is 11.0. The Balaban J connectivity index is 2.12. The van der Waals surface area contributed by atoms with Gasteiger partial charge in [-0.05, 0) is 49.4 Å². The number of aromatic nitrogens is 2. The number of hydrogen-bond donors (Lipinski definition) is 0. The van der Waals surface area contributed by atoms with Crippen molar-refractivity contribution < 1.29 is 14.3 Å². The van der Waals surface area contributed by atoms with Crippen LogP contribution >= 0.6 is 0 Å². The molecule has 0 atom stereocenters. The number of methoxy groups -OCH3 is 1. The van der Waals surface area contributed by atoms with Gasteiger partial charge in [0.1, 0.15) is 17.4 Å². The molecule has 28 heavy (non-hydrogen) atoms. The van der Waals surface area contributed by atoms with Crippen LogP contribution in [0.1, 0.15) is 12.5 Å². The van der Waals surface area contributed by atoms with Gasteiger partial charge in [0.05, 0.1) is 25.1 Å². The minimum atomic E-state index is -0.654. The van der Waals surface area contributed by atoms with Gasteiger partial charge >= 0.3 is 5.97 Å². The number of nitrogens with zero attached hydrogens (tertiary/aromatic N) is 3. The molecule has 3 rings (SSSR count). The van der Waals surface area contributed by atoms with Crippen LogP contribution in [-0.2, 0) is 9.53 Å². The molecule has 0 aliphatic carbocycles. The third-order valence-corrected chi connectivity index (χ3v) is 4.04. The summed E-state index contributed by atoms with van der Waals surface area (Å²) in [6, 6.07) is 18.9. The standard InChI is InChI=1S/C22H19N3O3/c1-3-28-22(26)17(14-23)13-18-15-25(19-7-5-4-6-8-19)24-21(18)16-9-11-20(27-2)12-10-16/h4-13,15H,3H2,1-2H3/b17-13+. The van der Waals surface area contributed by atoms with Crippen molar-refractivity contribution in [2.24, 2.45) is 0 Å². The molecule has 2 aromatic carbocycles. The molecular formula is C22H19N3O3. The molecular weight excluding hydrogens is 354 g/mol. The van der Waals surface area contributed by atoms with Crippen molar-refractivity contribution in [2.45, 2.75) is 6.92 Å². The molecule has 0 saturated carbocycles. The smallest absolute Gasteiger partial charge is 0.348 e. The van der Waals surface area contributed by atoms with Crippen molar-refractivity contribution >= 4 is 12.0 Å². The fraction of sp³-hybridized carbons (Fsp3) is 0.136. The Bertz CT molecular complexity index is 1030. The van der Waals surface area contributed by atoms with E-state index >= 15 is 0 Å². The number of carbonyl (C=O) groups excluding carboxylic acids is 1. The first kappa shape index (κ1) is 18.9. The van der Waals surface area contributed by atoms with Gasteiger partial charge in [0.15, 0.2) is 0 Å². The predicted molar refractivity (Wildman–Crippen MR) is 106 cm³/mol. The van der Waals surface area contributed by atoms with Crippen molar-refractivity contribution in [3.63, 3.8) is 0 Å². The largest absolute Gasteiger partial charge is 0.497 e. The van der Waals surface area contributed by atoms with E-state index in [0.717, 1.165) is 17.0 Å². The highest BCUT2D eigenvalue weighted by Gasteiger charge is 2.15. The Morgan fingerprint density at radius 1 is 1.18 bits per heavy atom. The minimum Gasteiger partial charge on any atom is -0.497 e. The first-order valence-electron chi connectivity index (χ1n) is 8.74. The highest BCUT2D eigenvalue weighted by atomic mass is 16.5. The maximum atomic E-state index is 12.0. The van der Waals surface area contributed by atoms with E-state index in [0.29, 0.717) is 11.3 Å². The molecule has 0 aliphatic rings. The number of carbonyl (C=O) groups is 1. The topological polar surface area (TPSA) is 77.1 Å². The minimum absolute atomic E-state index is 0.0794. The second-order valence-electron chi connectivity index (χ2n) is 5.83. The second kappa shape index (κ2) is 8.69. The number of benzene rings is 2. The van der Waals surface area contributed by atoms with Gasteiger partial charge in [0.2, 0.25) is 0 Å². The lowest BCUT2D eigenvalue weighted by Gasteiger charge is -2.03. The summed E-state index contributed by atoms with van der Waals surface area (Å²) in [6.45, 7) is 1.90. The van der Waals surface area contributed by atoms with Crippen molar-refractivity contribution in [3.8, 4) is 28.8 Å². The molecule has 3 aromatic rings. The van der Waals surface area contributed by atoms with Crippen molar-refractivity contribution in [1.29, 1.82) is 5.26 Å². The van der Waals surface area contributed by atoms with Gasteiger partial charge < -0.3 is 9.47 Å². The Morgan fingerprint density at radius 2 is 1.89 bits per heavy atom. The number of nitriles is 1. The molecule has 0 fully saturated rings. The summed E-state index contributed by atoms with van der Waals surface area (Å²) in [5, 5.41) is 14.0. The molecule has 1 heterocycles. The molecule has 0 spiro atoms. The summed E-state index contributed by atoms with van der Waals surface area (Å²) in [5.41, 5.74) is 2.90. The zero-order chi connectivity index (χ0) is 19.9. The van der Waals surface area contributed by atoms with Crippen LogP contribution in [0.15, 0.2) is 66.4 Å². The van der Waals surface area contributed by atoms with Gasteiger partial charge in [0.25, 0.3) is 0 Å². The van der Waals surface area contributed by atoms with E-state index in [4.69, 9.17) is 9.47 Å². The number of esters is 1. The monoisotopic (exact) mass is 373 g/mol. The van der Waals surface area contributed by atoms with E-state index in [1.165, 1.54) is 6.08 Å². The highest BCUT2D eigenvalue weighted by Crippen LogP contribution is 2.27. The van der Waals surface area contributed by atoms with E-state index in [2.05, 4.69) is 5.10 Å². The van der Waals surface area contributed by atoms with Crippen LogP contribution in [0.2, 0.25) is 0 Å². The van der Waals surface area contributed by atoms with Gasteiger partial charge in [0, 0.05) is 17.3 Å². The van der Waals surface area contributed by atoms with Crippen LogP contribution in [-0.4, -0.2) is 29.5 Å². The first-order valence-corrected chi connectivity index (χ1v) is 8.74. The molecule has 140 valence electrons. The summed E-state index contributed by atoms with van der Waals surface area (Å²) < 4.78 is 11.9. The van der Waals surface area contributed by atoms with E-state index in [1.54, 1.807) is 24.9 Å². The second-order valence-corrected chi connectivity index (χ2v) is 5.83. The lowest BCUT2D eigenvalue weighted by atomic mass is 10.1. The molecule has 0 aliphatic heterocycles. The van der Waals surface area contributed by atoms with Crippen LogP contribution in [0, 0.1) is 11.3 Å². The molecule has 6 heteroatoms. The Hall–Kier alpha value is -3.85. The summed E-state index contributed by atoms with van der Waals surface area (Å²) in [6.07, 6.45) is 3.29. The van der Waals surface area contributed by atoms with Gasteiger partial charge in [-0.25, -0.2) is 9.48 Å². The van der Waals surface area contributed by atoms with Gasteiger partial charge in [-0.1, -0.05) is 18.2 Å². The van der Waals surface area contributed by atoms with Gasteiger partial charge in [-0.15, -0.1) is 0 Å². The SMILES string of the molecule is CCOC(=O)/C(C#N)=C/c1cn(-c2ccccc2)nc1-c1ccc(OC)cc1. The Labute approximate surface area is 163 Å². The maximum absolute atomic E-state index is 12.0. The molecule has 6 nitrogen and oxygen atoms in total. The number of para-hydroxylation sites is 1. The fourth-order valence-corrected chi connectivity index (χ4v) is 2.68. The zero-order valence-corrected chi connectivity index (χ0v) is 15.6. The van der Waals surface area contributed by atoms with E-state index in [-0.39, 0.29) is 12.2 Å². The maximum Gasteiger partial charge on any atom is 0.348 e. The number of hydrogen-bond acceptors (Lipinski definition) is 5. The molecule has 0 radical (unpaired) electrons. The van der Waals surface area contributed by atoms with Gasteiger partial charge in [-0.3, -0.25) is 0 Å². The van der Waals surface area contributed by atoms with Crippen LogP contribution in [0.25, 0.3) is 23.0 Å². The highest BCUT2D eigenvalue weighted by molar-refractivity contribution is 5.98. The van der Waals surface area contributed by atoms with E-state index in [9.17, 15) is 10.1 Å². The van der Waals surface area contributed by atoms with Crippen LogP contribution < -0.4 is 4.74 Å². The molecule has 0 amide bonds. The van der Waals surface area contributed by atoms with Crippen LogP contribution in [0.3, 0.4) is 0 Å². The average molecular weight is 373 g/mol. The lowest BCUT2D eigenvalue weighted by Crippen LogP contribution is -2.06. The third-order valence-electron chi connectivity index (χ3n) is 4.04. The van der Waals surface area contributed by atoms with Crippen LogP contribution in [0.4, 0.5) is 0 Å². The molecule has 1 aromatic heterocycles. The van der Waals surface area contributed by atoms with Crippen LogP contribution in [0.5, 0.6) is 5.75 Å².